The highest BCUT2D eigenvalue weighted by molar-refractivity contribution is 7.18. The third kappa shape index (κ3) is 3.59. The number of ketones is 1. The third-order valence-corrected chi connectivity index (χ3v) is 5.13. The first kappa shape index (κ1) is 19.5. The smallest absolute Gasteiger partial charge is 0.307 e. The second kappa shape index (κ2) is 7.40. The summed E-state index contributed by atoms with van der Waals surface area (Å²) in [6.07, 6.45) is -5.09. The predicted octanol–water partition coefficient (Wildman–Crippen LogP) is 4.31. The fraction of sp³-hybridized carbons (Fsp3) is 0.158. The number of halogens is 3. The summed E-state index contributed by atoms with van der Waals surface area (Å²) in [6.45, 7) is 0. The van der Waals surface area contributed by atoms with Gasteiger partial charge in [0, 0.05) is 12.6 Å². The Morgan fingerprint density at radius 1 is 1.14 bits per heavy atom. The zero-order valence-electron chi connectivity index (χ0n) is 14.4. The number of thiazole rings is 1. The highest BCUT2D eigenvalue weighted by atomic mass is 32.1. The maximum absolute atomic E-state index is 13.0. The molecule has 142 valence electrons. The lowest BCUT2D eigenvalue weighted by atomic mass is 9.97. The number of nitriles is 1. The Labute approximate surface area is 161 Å². The van der Waals surface area contributed by atoms with Gasteiger partial charge in [-0.25, -0.2) is 4.98 Å². The first-order valence-electron chi connectivity index (χ1n) is 7.97. The van der Waals surface area contributed by atoms with Gasteiger partial charge >= 0.3 is 12.1 Å². The lowest BCUT2D eigenvalue weighted by Gasteiger charge is -2.21. The van der Waals surface area contributed by atoms with Gasteiger partial charge in [0.2, 0.25) is 0 Å². The Morgan fingerprint density at radius 3 is 2.43 bits per heavy atom. The molecule has 3 rings (SSSR count). The summed E-state index contributed by atoms with van der Waals surface area (Å²) in [5, 5.41) is 9.78. The quantitative estimate of drug-likeness (QED) is 0.609. The van der Waals surface area contributed by atoms with Crippen molar-refractivity contribution < 1.29 is 22.8 Å². The number of hydrogen-bond acceptors (Lipinski definition) is 5. The number of para-hydroxylation sites is 2. The van der Waals surface area contributed by atoms with Crippen molar-refractivity contribution in [3.8, 4) is 6.07 Å². The molecule has 0 aliphatic rings. The molecule has 0 unspecified atom stereocenters. The molecule has 0 radical (unpaired) electrons. The molecule has 1 aromatic heterocycles. The SMILES string of the molecule is CN(C(=O)C(F)(F)F)c1ccccc1C(=O)[C@@H](C#N)c1nc2ccccc2s1. The van der Waals surface area contributed by atoms with Crippen molar-refractivity contribution in [1.82, 2.24) is 4.98 Å². The van der Waals surface area contributed by atoms with Crippen molar-refractivity contribution >= 4 is 38.9 Å². The highest BCUT2D eigenvalue weighted by Gasteiger charge is 2.42. The lowest BCUT2D eigenvalue weighted by molar-refractivity contribution is -0.170. The van der Waals surface area contributed by atoms with Gasteiger partial charge in [-0.15, -0.1) is 11.3 Å². The standard InChI is InChI=1S/C19H12F3N3O2S/c1-25(18(27)19(20,21)22)14-8-4-2-6-11(14)16(26)12(10-23)17-24-13-7-3-5-9-15(13)28-17/h2-9,12H,1H3/t12-/m1/s1. The second-order valence-corrected chi connectivity index (χ2v) is 6.89. The lowest BCUT2D eigenvalue weighted by Crippen LogP contribution is -2.39. The van der Waals surface area contributed by atoms with Crippen LogP contribution in [0.3, 0.4) is 0 Å². The van der Waals surface area contributed by atoms with Crippen molar-refractivity contribution in [1.29, 1.82) is 5.26 Å². The number of fused-ring (bicyclic) bond motifs is 1. The molecule has 9 heteroatoms. The zero-order valence-corrected chi connectivity index (χ0v) is 15.2. The zero-order chi connectivity index (χ0) is 20.5. The summed E-state index contributed by atoms with van der Waals surface area (Å²) in [5.41, 5.74) is 0.234. The van der Waals surface area contributed by atoms with E-state index in [1.165, 1.54) is 24.3 Å². The highest BCUT2D eigenvalue weighted by Crippen LogP contribution is 2.32. The molecule has 0 bridgehead atoms. The minimum absolute atomic E-state index is 0.159. The number of carbonyl (C=O) groups excluding carboxylic acids is 2. The molecule has 1 atom stereocenters. The third-order valence-electron chi connectivity index (χ3n) is 4.03. The first-order valence-corrected chi connectivity index (χ1v) is 8.79. The minimum atomic E-state index is -5.09. The van der Waals surface area contributed by atoms with Crippen LogP contribution in [0.25, 0.3) is 10.2 Å². The van der Waals surface area contributed by atoms with Gasteiger partial charge in [-0.05, 0) is 24.3 Å². The summed E-state index contributed by atoms with van der Waals surface area (Å²) >= 11 is 1.16. The Balaban J connectivity index is 2.02. The van der Waals surface area contributed by atoms with E-state index in [-0.39, 0.29) is 16.3 Å². The summed E-state index contributed by atoms with van der Waals surface area (Å²) < 4.78 is 39.1. The van der Waals surface area contributed by atoms with Crippen LogP contribution in [0.15, 0.2) is 48.5 Å². The van der Waals surface area contributed by atoms with Gasteiger partial charge in [0.1, 0.15) is 5.01 Å². The van der Waals surface area contributed by atoms with Gasteiger partial charge in [0.15, 0.2) is 11.7 Å². The molecule has 0 saturated carbocycles. The molecule has 0 saturated heterocycles. The molecule has 0 spiro atoms. The van der Waals surface area contributed by atoms with Crippen LogP contribution < -0.4 is 4.90 Å². The maximum Gasteiger partial charge on any atom is 0.471 e. The van der Waals surface area contributed by atoms with Gasteiger partial charge in [-0.2, -0.15) is 18.4 Å². The summed E-state index contributed by atoms with van der Waals surface area (Å²) in [6, 6.07) is 14.3. The van der Waals surface area contributed by atoms with E-state index in [1.807, 2.05) is 6.07 Å². The number of nitrogens with zero attached hydrogens (tertiary/aromatic N) is 3. The van der Waals surface area contributed by atoms with Crippen LogP contribution in [-0.4, -0.2) is 29.9 Å². The molecule has 5 nitrogen and oxygen atoms in total. The fourth-order valence-electron chi connectivity index (χ4n) is 2.67. The van der Waals surface area contributed by atoms with Gasteiger partial charge in [0.25, 0.3) is 0 Å². The molecule has 1 heterocycles. The monoisotopic (exact) mass is 403 g/mol. The molecule has 0 aliphatic heterocycles. The minimum Gasteiger partial charge on any atom is -0.307 e. The van der Waals surface area contributed by atoms with E-state index >= 15 is 0 Å². The van der Waals surface area contributed by atoms with Crippen LogP contribution in [0.1, 0.15) is 21.3 Å². The molecular weight excluding hydrogens is 391 g/mol. The maximum atomic E-state index is 13.0. The van der Waals surface area contributed by atoms with Gasteiger partial charge in [0.05, 0.1) is 22.0 Å². The van der Waals surface area contributed by atoms with Crippen molar-refractivity contribution in [3.05, 3.63) is 59.1 Å². The second-order valence-electron chi connectivity index (χ2n) is 5.83. The molecule has 0 aliphatic carbocycles. The average Bonchev–Trinajstić information content (AvgIpc) is 3.10. The molecule has 2 aromatic carbocycles. The predicted molar refractivity (Wildman–Crippen MR) is 98.2 cm³/mol. The van der Waals surface area contributed by atoms with Crippen molar-refractivity contribution in [2.45, 2.75) is 12.1 Å². The van der Waals surface area contributed by atoms with E-state index in [2.05, 4.69) is 4.98 Å². The average molecular weight is 403 g/mol. The van der Waals surface area contributed by atoms with Crippen LogP contribution in [0.5, 0.6) is 0 Å². The van der Waals surface area contributed by atoms with E-state index < -0.39 is 23.8 Å². The van der Waals surface area contributed by atoms with Crippen molar-refractivity contribution in [3.63, 3.8) is 0 Å². The Morgan fingerprint density at radius 2 is 1.79 bits per heavy atom. The van der Waals surface area contributed by atoms with E-state index in [0.29, 0.717) is 10.4 Å². The van der Waals surface area contributed by atoms with E-state index in [0.717, 1.165) is 23.1 Å². The number of aromatic nitrogens is 1. The van der Waals surface area contributed by atoms with Crippen molar-refractivity contribution in [2.24, 2.45) is 0 Å². The topological polar surface area (TPSA) is 74.1 Å². The van der Waals surface area contributed by atoms with Crippen LogP contribution in [0, 0.1) is 11.3 Å². The molecule has 0 fully saturated rings. The Bertz CT molecular complexity index is 1070. The van der Waals surface area contributed by atoms with Gasteiger partial charge in [-0.3, -0.25) is 9.59 Å². The number of Topliss-reactive ketones (excluding diaryl/α,β-unsaturated/α-hetero) is 1. The Kier molecular flexibility index (Phi) is 5.16. The summed E-state index contributed by atoms with van der Waals surface area (Å²) in [4.78, 5) is 29.2. The normalized spacial score (nSPS) is 12.4. The first-order chi connectivity index (χ1) is 13.2. The Hall–Kier alpha value is -3.25. The van der Waals surface area contributed by atoms with Crippen LogP contribution in [0.4, 0.5) is 18.9 Å². The number of anilines is 1. The van der Waals surface area contributed by atoms with Crippen LogP contribution >= 0.6 is 11.3 Å². The number of alkyl halides is 3. The number of carbonyl (C=O) groups is 2. The molecule has 28 heavy (non-hydrogen) atoms. The van der Waals surface area contributed by atoms with Crippen molar-refractivity contribution in [2.75, 3.05) is 11.9 Å². The number of amides is 1. The fourth-order valence-corrected chi connectivity index (χ4v) is 3.68. The van der Waals surface area contributed by atoms with E-state index in [1.54, 1.807) is 24.3 Å². The van der Waals surface area contributed by atoms with Gasteiger partial charge < -0.3 is 4.90 Å². The molecule has 3 aromatic rings. The van der Waals surface area contributed by atoms with E-state index in [9.17, 15) is 28.0 Å². The number of rotatable bonds is 4. The van der Waals surface area contributed by atoms with Gasteiger partial charge in [-0.1, -0.05) is 24.3 Å². The largest absolute Gasteiger partial charge is 0.471 e. The number of hydrogen-bond donors (Lipinski definition) is 0. The van der Waals surface area contributed by atoms with Crippen LogP contribution in [0.2, 0.25) is 0 Å². The number of benzene rings is 2. The molecule has 1 amide bonds. The van der Waals surface area contributed by atoms with Crippen LogP contribution in [-0.2, 0) is 4.79 Å². The summed E-state index contributed by atoms with van der Waals surface area (Å²) in [7, 11) is 0.932. The van der Waals surface area contributed by atoms with E-state index in [4.69, 9.17) is 0 Å². The molecular formula is C19H12F3N3O2S. The molecule has 0 N–H and O–H groups in total. The summed E-state index contributed by atoms with van der Waals surface area (Å²) in [5.74, 6) is -4.13.